The number of nitrogens with one attached hydrogen (secondary N) is 2. The summed E-state index contributed by atoms with van der Waals surface area (Å²) in [4.78, 5) is 25.3. The number of nitrogens with zero attached hydrogens (tertiary/aromatic N) is 1. The minimum absolute atomic E-state index is 0. The van der Waals surface area contributed by atoms with Crippen molar-refractivity contribution in [3.8, 4) is 0 Å². The largest absolute Gasteiger partial charge is 0.345 e. The first-order chi connectivity index (χ1) is 9.08. The summed E-state index contributed by atoms with van der Waals surface area (Å²) in [5.41, 5.74) is 1.25. The summed E-state index contributed by atoms with van der Waals surface area (Å²) in [6.07, 6.45) is 0.863. The van der Waals surface area contributed by atoms with Gasteiger partial charge in [0.15, 0.2) is 0 Å². The standard InChI is InChI=1S/C14H19N3O2.ClH/c1-17(2)14(19)10-4-3-5-12(8-10)16-13(18)11-6-7-15-9-11;/h3-5,8,11,15H,6-7,9H2,1-2H3,(H,16,18);1H. The number of carbonyl (C=O) groups is 2. The third kappa shape index (κ3) is 3.95. The molecule has 2 amide bonds. The van der Waals surface area contributed by atoms with Crippen molar-refractivity contribution in [1.82, 2.24) is 10.2 Å². The molecule has 1 aliphatic rings. The molecule has 0 saturated carbocycles. The molecule has 2 rings (SSSR count). The Morgan fingerprint density at radius 2 is 2.10 bits per heavy atom. The lowest BCUT2D eigenvalue weighted by Gasteiger charge is -2.13. The lowest BCUT2D eigenvalue weighted by molar-refractivity contribution is -0.119. The van der Waals surface area contributed by atoms with Gasteiger partial charge in [0.1, 0.15) is 0 Å². The van der Waals surface area contributed by atoms with Crippen LogP contribution in [0.25, 0.3) is 0 Å². The van der Waals surface area contributed by atoms with E-state index in [0.29, 0.717) is 11.3 Å². The first-order valence-electron chi connectivity index (χ1n) is 6.41. The number of anilines is 1. The molecule has 110 valence electrons. The van der Waals surface area contributed by atoms with Crippen molar-refractivity contribution >= 4 is 29.9 Å². The van der Waals surface area contributed by atoms with E-state index in [1.807, 2.05) is 0 Å². The van der Waals surface area contributed by atoms with Gasteiger partial charge in [-0.15, -0.1) is 12.4 Å². The zero-order chi connectivity index (χ0) is 13.8. The predicted molar refractivity (Wildman–Crippen MR) is 81.3 cm³/mol. The van der Waals surface area contributed by atoms with Gasteiger partial charge in [0.2, 0.25) is 5.91 Å². The Morgan fingerprint density at radius 1 is 1.35 bits per heavy atom. The molecule has 1 heterocycles. The first kappa shape index (κ1) is 16.5. The second-order valence-electron chi connectivity index (χ2n) is 4.96. The van der Waals surface area contributed by atoms with Gasteiger partial charge in [-0.3, -0.25) is 9.59 Å². The highest BCUT2D eigenvalue weighted by Crippen LogP contribution is 2.15. The van der Waals surface area contributed by atoms with Gasteiger partial charge in [-0.1, -0.05) is 6.07 Å². The molecule has 5 nitrogen and oxygen atoms in total. The van der Waals surface area contributed by atoms with E-state index in [4.69, 9.17) is 0 Å². The maximum Gasteiger partial charge on any atom is 0.253 e. The number of benzene rings is 1. The van der Waals surface area contributed by atoms with E-state index in [1.165, 1.54) is 4.90 Å². The lowest BCUT2D eigenvalue weighted by atomic mass is 10.1. The van der Waals surface area contributed by atoms with Crippen LogP contribution in [0, 0.1) is 5.92 Å². The van der Waals surface area contributed by atoms with E-state index in [9.17, 15) is 9.59 Å². The Bertz CT molecular complexity index is 485. The average molecular weight is 298 g/mol. The quantitative estimate of drug-likeness (QED) is 0.885. The smallest absolute Gasteiger partial charge is 0.253 e. The SMILES string of the molecule is CN(C)C(=O)c1cccc(NC(=O)C2CCNC2)c1.Cl. The molecule has 0 radical (unpaired) electrons. The van der Waals surface area contributed by atoms with Gasteiger partial charge in [0.25, 0.3) is 5.91 Å². The molecule has 1 unspecified atom stereocenters. The fraction of sp³-hybridized carbons (Fsp3) is 0.429. The molecule has 0 aromatic heterocycles. The highest BCUT2D eigenvalue weighted by atomic mass is 35.5. The Morgan fingerprint density at radius 3 is 2.70 bits per heavy atom. The van der Waals surface area contributed by atoms with Crippen LogP contribution in [-0.4, -0.2) is 43.9 Å². The molecule has 1 aromatic rings. The number of carbonyl (C=O) groups excluding carboxylic acids is 2. The van der Waals surface area contributed by atoms with E-state index >= 15 is 0 Å². The highest BCUT2D eigenvalue weighted by Gasteiger charge is 2.22. The van der Waals surface area contributed by atoms with Gasteiger partial charge < -0.3 is 15.5 Å². The Balaban J connectivity index is 0.00000200. The summed E-state index contributed by atoms with van der Waals surface area (Å²) >= 11 is 0. The number of halogens is 1. The molecule has 1 aromatic carbocycles. The van der Waals surface area contributed by atoms with Gasteiger partial charge in [0, 0.05) is 31.9 Å². The first-order valence-corrected chi connectivity index (χ1v) is 6.41. The third-order valence-electron chi connectivity index (χ3n) is 3.21. The lowest BCUT2D eigenvalue weighted by Crippen LogP contribution is -2.25. The normalized spacial score (nSPS) is 17.2. The Hall–Kier alpha value is -1.59. The van der Waals surface area contributed by atoms with E-state index in [-0.39, 0.29) is 30.1 Å². The van der Waals surface area contributed by atoms with Gasteiger partial charge in [-0.25, -0.2) is 0 Å². The van der Waals surface area contributed by atoms with Crippen molar-refractivity contribution in [2.75, 3.05) is 32.5 Å². The predicted octanol–water partition coefficient (Wildman–Crippen LogP) is 1.36. The van der Waals surface area contributed by atoms with Crippen LogP contribution < -0.4 is 10.6 Å². The molecule has 1 atom stereocenters. The highest BCUT2D eigenvalue weighted by molar-refractivity contribution is 5.97. The van der Waals surface area contributed by atoms with E-state index < -0.39 is 0 Å². The minimum atomic E-state index is -0.0707. The molecule has 1 fully saturated rings. The molecule has 6 heteroatoms. The second kappa shape index (κ2) is 7.26. The van der Waals surface area contributed by atoms with E-state index in [2.05, 4.69) is 10.6 Å². The monoisotopic (exact) mass is 297 g/mol. The summed E-state index contributed by atoms with van der Waals surface area (Å²) < 4.78 is 0. The number of amides is 2. The summed E-state index contributed by atoms with van der Waals surface area (Å²) in [6, 6.07) is 7.03. The summed E-state index contributed by atoms with van der Waals surface area (Å²) in [6.45, 7) is 1.61. The molecule has 2 N–H and O–H groups in total. The third-order valence-corrected chi connectivity index (χ3v) is 3.21. The van der Waals surface area contributed by atoms with Gasteiger partial charge in [-0.2, -0.15) is 0 Å². The fourth-order valence-electron chi connectivity index (χ4n) is 2.11. The van der Waals surface area contributed by atoms with Crippen LogP contribution in [0.4, 0.5) is 5.69 Å². The van der Waals surface area contributed by atoms with Gasteiger partial charge >= 0.3 is 0 Å². The average Bonchev–Trinajstić information content (AvgIpc) is 2.92. The summed E-state index contributed by atoms with van der Waals surface area (Å²) in [5, 5.41) is 6.03. The van der Waals surface area contributed by atoms with E-state index in [1.54, 1.807) is 38.4 Å². The van der Waals surface area contributed by atoms with Crippen LogP contribution in [0.2, 0.25) is 0 Å². The van der Waals surface area contributed by atoms with Crippen LogP contribution in [0.15, 0.2) is 24.3 Å². The van der Waals surface area contributed by atoms with E-state index in [0.717, 1.165) is 19.5 Å². The maximum absolute atomic E-state index is 12.0. The number of hydrogen-bond acceptors (Lipinski definition) is 3. The molecular weight excluding hydrogens is 278 g/mol. The molecule has 1 aliphatic heterocycles. The zero-order valence-electron chi connectivity index (χ0n) is 11.7. The molecular formula is C14H20ClN3O2. The minimum Gasteiger partial charge on any atom is -0.345 e. The molecule has 0 spiro atoms. The fourth-order valence-corrected chi connectivity index (χ4v) is 2.11. The van der Waals surface area contributed by atoms with Crippen molar-refractivity contribution in [2.45, 2.75) is 6.42 Å². The Kier molecular flexibility index (Phi) is 5.98. The van der Waals surface area contributed by atoms with Crippen molar-refractivity contribution in [2.24, 2.45) is 5.92 Å². The topological polar surface area (TPSA) is 61.4 Å². The van der Waals surface area contributed by atoms with Crippen molar-refractivity contribution in [1.29, 1.82) is 0 Å². The summed E-state index contributed by atoms with van der Waals surface area (Å²) in [7, 11) is 3.41. The van der Waals surface area contributed by atoms with Crippen LogP contribution in [-0.2, 0) is 4.79 Å². The zero-order valence-corrected chi connectivity index (χ0v) is 12.5. The summed E-state index contributed by atoms with van der Waals surface area (Å²) in [5.74, 6) is -0.0358. The molecule has 1 saturated heterocycles. The van der Waals surface area contributed by atoms with Crippen molar-refractivity contribution in [3.05, 3.63) is 29.8 Å². The number of rotatable bonds is 3. The van der Waals surface area contributed by atoms with Crippen LogP contribution in [0.3, 0.4) is 0 Å². The maximum atomic E-state index is 12.0. The van der Waals surface area contributed by atoms with Crippen molar-refractivity contribution < 1.29 is 9.59 Å². The van der Waals surface area contributed by atoms with Crippen LogP contribution in [0.1, 0.15) is 16.8 Å². The molecule has 20 heavy (non-hydrogen) atoms. The second-order valence-corrected chi connectivity index (χ2v) is 4.96. The van der Waals surface area contributed by atoms with Crippen LogP contribution >= 0.6 is 12.4 Å². The molecule has 0 aliphatic carbocycles. The van der Waals surface area contributed by atoms with Gasteiger partial charge in [0.05, 0.1) is 5.92 Å². The molecule has 0 bridgehead atoms. The number of hydrogen-bond donors (Lipinski definition) is 2. The van der Waals surface area contributed by atoms with Crippen molar-refractivity contribution in [3.63, 3.8) is 0 Å². The Labute approximate surface area is 125 Å². The van der Waals surface area contributed by atoms with Crippen LogP contribution in [0.5, 0.6) is 0 Å². The van der Waals surface area contributed by atoms with Gasteiger partial charge in [-0.05, 0) is 31.2 Å².